The maximum atomic E-state index is 12.8. The Kier molecular flexibility index (Phi) is 6.34. The van der Waals surface area contributed by atoms with Crippen LogP contribution in [-0.4, -0.2) is 40.5 Å². The van der Waals surface area contributed by atoms with E-state index in [-0.39, 0.29) is 23.8 Å². The highest BCUT2D eigenvalue weighted by Gasteiger charge is 2.27. The lowest BCUT2D eigenvalue weighted by Gasteiger charge is -2.10. The minimum absolute atomic E-state index is 0.0493. The van der Waals surface area contributed by atoms with Crippen molar-refractivity contribution in [3.05, 3.63) is 75.1 Å². The van der Waals surface area contributed by atoms with Crippen LogP contribution in [0.1, 0.15) is 40.7 Å². The molecule has 0 saturated heterocycles. The predicted octanol–water partition coefficient (Wildman–Crippen LogP) is 3.44. The molecule has 1 N–H and O–H groups in total. The first-order valence-electron chi connectivity index (χ1n) is 10.5. The largest absolute Gasteiger partial charge is 0.493 e. The lowest BCUT2D eigenvalue weighted by Crippen LogP contribution is -2.20. The molecule has 0 aliphatic heterocycles. The lowest BCUT2D eigenvalue weighted by molar-refractivity contribution is -0.385. The van der Waals surface area contributed by atoms with Gasteiger partial charge in [0.05, 0.1) is 30.5 Å². The van der Waals surface area contributed by atoms with Gasteiger partial charge in [0.15, 0.2) is 11.4 Å². The molecule has 0 radical (unpaired) electrons. The maximum Gasteiger partial charge on any atom is 0.315 e. The van der Waals surface area contributed by atoms with Gasteiger partial charge in [-0.15, -0.1) is 0 Å². The summed E-state index contributed by atoms with van der Waals surface area (Å²) in [6.45, 7) is 1.98. The van der Waals surface area contributed by atoms with E-state index >= 15 is 0 Å². The monoisotopic (exact) mass is 449 g/mol. The summed E-state index contributed by atoms with van der Waals surface area (Å²) in [7, 11) is 1.40. The van der Waals surface area contributed by atoms with Gasteiger partial charge in [-0.3, -0.25) is 14.9 Å². The van der Waals surface area contributed by atoms with Crippen LogP contribution in [0.25, 0.3) is 5.69 Å². The molecule has 0 spiro atoms. The number of nitro benzene ring substituents is 1. The van der Waals surface area contributed by atoms with Gasteiger partial charge in [-0.1, -0.05) is 18.2 Å². The van der Waals surface area contributed by atoms with Crippen molar-refractivity contribution in [2.45, 2.75) is 26.2 Å². The van der Waals surface area contributed by atoms with E-state index in [1.807, 2.05) is 35.0 Å². The highest BCUT2D eigenvalue weighted by molar-refractivity contribution is 5.95. The van der Waals surface area contributed by atoms with E-state index in [1.165, 1.54) is 19.4 Å². The second-order valence-corrected chi connectivity index (χ2v) is 7.34. The summed E-state index contributed by atoms with van der Waals surface area (Å²) in [6, 6.07) is 12.5. The minimum Gasteiger partial charge on any atom is -0.493 e. The van der Waals surface area contributed by atoms with Gasteiger partial charge in [0.2, 0.25) is 5.75 Å². The average Bonchev–Trinajstić information content (AvgIpc) is 3.43. The molecule has 0 bridgehead atoms. The first-order valence-corrected chi connectivity index (χ1v) is 10.5. The summed E-state index contributed by atoms with van der Waals surface area (Å²) in [5.41, 5.74) is 5.79. The fourth-order valence-electron chi connectivity index (χ4n) is 3.88. The number of benzene rings is 2. The number of fused-ring (bicyclic) bond motifs is 1. The third kappa shape index (κ3) is 4.40. The number of rotatable bonds is 8. The molecule has 4 rings (SSSR count). The summed E-state index contributed by atoms with van der Waals surface area (Å²) in [4.78, 5) is 23.7. The van der Waals surface area contributed by atoms with Crippen molar-refractivity contribution in [3.8, 4) is 17.2 Å². The number of hydrogen-bond donors (Lipinski definition) is 1. The molecule has 1 amide bonds. The van der Waals surface area contributed by atoms with E-state index in [0.717, 1.165) is 36.2 Å². The van der Waals surface area contributed by atoms with Crippen molar-refractivity contribution >= 4 is 17.8 Å². The molecular weight excluding hydrogens is 426 g/mol. The third-order valence-electron chi connectivity index (χ3n) is 5.29. The van der Waals surface area contributed by atoms with Gasteiger partial charge in [0, 0.05) is 22.9 Å². The Balaban J connectivity index is 1.57. The topological polar surface area (TPSA) is 121 Å². The van der Waals surface area contributed by atoms with E-state index in [2.05, 4.69) is 15.6 Å². The van der Waals surface area contributed by atoms with Crippen LogP contribution in [0, 0.1) is 10.1 Å². The van der Waals surface area contributed by atoms with Crippen LogP contribution < -0.4 is 14.9 Å². The van der Waals surface area contributed by atoms with Crippen LogP contribution >= 0.6 is 0 Å². The van der Waals surface area contributed by atoms with Gasteiger partial charge < -0.3 is 9.47 Å². The first kappa shape index (κ1) is 22.0. The average molecular weight is 449 g/mol. The number of nitro groups is 1. The fourth-order valence-corrected chi connectivity index (χ4v) is 3.88. The second-order valence-electron chi connectivity index (χ2n) is 7.34. The van der Waals surface area contributed by atoms with Gasteiger partial charge >= 0.3 is 5.69 Å². The Bertz CT molecular complexity index is 1220. The number of para-hydroxylation sites is 1. The summed E-state index contributed by atoms with van der Waals surface area (Å²) in [6.07, 6.45) is 3.90. The summed E-state index contributed by atoms with van der Waals surface area (Å²) < 4.78 is 12.4. The zero-order valence-electron chi connectivity index (χ0n) is 18.3. The molecular formula is C23H23N5O5. The summed E-state index contributed by atoms with van der Waals surface area (Å²) >= 11 is 0. The van der Waals surface area contributed by atoms with Crippen LogP contribution in [0.15, 0.2) is 47.6 Å². The number of hydrogen-bond acceptors (Lipinski definition) is 7. The number of carbonyl (C=O) groups is 1. The zero-order valence-corrected chi connectivity index (χ0v) is 18.3. The van der Waals surface area contributed by atoms with Crippen molar-refractivity contribution < 1.29 is 19.2 Å². The van der Waals surface area contributed by atoms with Crippen molar-refractivity contribution in [2.75, 3.05) is 13.7 Å². The lowest BCUT2D eigenvalue weighted by atomic mass is 10.2. The molecule has 3 aromatic rings. The SMILES string of the molecule is CCOc1c(OC)cc(/C=N/NC(=O)c2nn(-c3ccccc3)c3c2CCC3)cc1[N+](=O)[O-]. The summed E-state index contributed by atoms with van der Waals surface area (Å²) in [5.74, 6) is -0.182. The molecule has 0 unspecified atom stereocenters. The maximum absolute atomic E-state index is 12.8. The number of amides is 1. The fraction of sp³-hybridized carbons (Fsp3) is 0.261. The quantitative estimate of drug-likeness (QED) is 0.319. The number of methoxy groups -OCH3 is 1. The highest BCUT2D eigenvalue weighted by Crippen LogP contribution is 2.38. The Morgan fingerprint density at radius 2 is 2.09 bits per heavy atom. The van der Waals surface area contributed by atoms with Gasteiger partial charge in [0.1, 0.15) is 0 Å². The van der Waals surface area contributed by atoms with Crippen molar-refractivity contribution in [2.24, 2.45) is 5.10 Å². The molecule has 10 nitrogen and oxygen atoms in total. The molecule has 1 aliphatic rings. The van der Waals surface area contributed by atoms with Crippen LogP contribution in [0.2, 0.25) is 0 Å². The van der Waals surface area contributed by atoms with Crippen LogP contribution in [0.4, 0.5) is 5.69 Å². The van der Waals surface area contributed by atoms with E-state index in [0.29, 0.717) is 11.3 Å². The number of ether oxygens (including phenoxy) is 2. The number of aromatic nitrogens is 2. The van der Waals surface area contributed by atoms with Crippen LogP contribution in [0.3, 0.4) is 0 Å². The zero-order chi connectivity index (χ0) is 23.4. The number of nitrogens with one attached hydrogen (secondary N) is 1. The van der Waals surface area contributed by atoms with Crippen LogP contribution in [0.5, 0.6) is 11.5 Å². The minimum atomic E-state index is -0.553. The normalized spacial score (nSPS) is 12.5. The predicted molar refractivity (Wildman–Crippen MR) is 121 cm³/mol. The van der Waals surface area contributed by atoms with E-state index in [9.17, 15) is 14.9 Å². The molecule has 1 aromatic heterocycles. The van der Waals surface area contributed by atoms with Gasteiger partial charge in [-0.25, -0.2) is 10.1 Å². The van der Waals surface area contributed by atoms with Crippen molar-refractivity contribution in [1.82, 2.24) is 15.2 Å². The Morgan fingerprint density at radius 3 is 2.79 bits per heavy atom. The highest BCUT2D eigenvalue weighted by atomic mass is 16.6. The number of hydrazone groups is 1. The van der Waals surface area contributed by atoms with E-state index in [1.54, 1.807) is 13.0 Å². The van der Waals surface area contributed by atoms with Gasteiger partial charge in [-0.05, 0) is 44.4 Å². The van der Waals surface area contributed by atoms with Gasteiger partial charge in [-0.2, -0.15) is 10.2 Å². The molecule has 10 heteroatoms. The number of nitrogens with zero attached hydrogens (tertiary/aromatic N) is 4. The molecule has 170 valence electrons. The summed E-state index contributed by atoms with van der Waals surface area (Å²) in [5, 5.41) is 20.0. The van der Waals surface area contributed by atoms with Crippen LogP contribution in [-0.2, 0) is 12.8 Å². The molecule has 1 aliphatic carbocycles. The molecule has 0 fully saturated rings. The number of carbonyl (C=O) groups excluding carboxylic acids is 1. The molecule has 0 atom stereocenters. The van der Waals surface area contributed by atoms with E-state index in [4.69, 9.17) is 9.47 Å². The van der Waals surface area contributed by atoms with Crippen molar-refractivity contribution in [1.29, 1.82) is 0 Å². The van der Waals surface area contributed by atoms with Gasteiger partial charge in [0.25, 0.3) is 5.91 Å². The Hall–Kier alpha value is -4.21. The smallest absolute Gasteiger partial charge is 0.315 e. The van der Waals surface area contributed by atoms with E-state index < -0.39 is 10.8 Å². The standard InChI is InChI=1S/C23H23N5O5/c1-3-33-22-19(28(30)31)12-15(13-20(22)32-2)14-24-25-23(29)21-17-10-7-11-18(17)27(26-21)16-8-5-4-6-9-16/h4-6,8-9,12-14H,3,7,10-11H2,1-2H3,(H,25,29)/b24-14+. The molecule has 33 heavy (non-hydrogen) atoms. The Labute approximate surface area is 190 Å². The van der Waals surface area contributed by atoms with Crippen molar-refractivity contribution in [3.63, 3.8) is 0 Å². The molecule has 2 aromatic carbocycles. The molecule has 1 heterocycles. The molecule has 0 saturated carbocycles. The Morgan fingerprint density at radius 1 is 1.30 bits per heavy atom. The second kappa shape index (κ2) is 9.51. The first-order chi connectivity index (χ1) is 16.0. The third-order valence-corrected chi connectivity index (χ3v) is 5.29.